The van der Waals surface area contributed by atoms with E-state index in [1.165, 1.54) is 23.3 Å². The molecule has 0 aliphatic carbocycles. The van der Waals surface area contributed by atoms with Crippen molar-refractivity contribution in [3.63, 3.8) is 0 Å². The van der Waals surface area contributed by atoms with Crippen molar-refractivity contribution >= 4 is 34.8 Å². The SMILES string of the molecule is COC(=O)c1sccc1NC(=O)CN1CCCC1=O. The lowest BCUT2D eigenvalue weighted by atomic mass is 10.3. The summed E-state index contributed by atoms with van der Waals surface area (Å²) in [6.45, 7) is 0.634. The molecule has 1 N–H and O–H groups in total. The zero-order valence-corrected chi connectivity index (χ0v) is 11.3. The normalized spacial score (nSPS) is 14.6. The van der Waals surface area contributed by atoms with E-state index in [-0.39, 0.29) is 18.4 Å². The van der Waals surface area contributed by atoms with E-state index in [9.17, 15) is 14.4 Å². The minimum absolute atomic E-state index is 0.00587. The van der Waals surface area contributed by atoms with Crippen LogP contribution in [0.3, 0.4) is 0 Å². The number of nitrogens with one attached hydrogen (secondary N) is 1. The summed E-state index contributed by atoms with van der Waals surface area (Å²) in [5, 5.41) is 4.33. The molecule has 1 aromatic rings. The molecule has 102 valence electrons. The van der Waals surface area contributed by atoms with Gasteiger partial charge >= 0.3 is 5.97 Å². The van der Waals surface area contributed by atoms with E-state index in [2.05, 4.69) is 10.1 Å². The summed E-state index contributed by atoms with van der Waals surface area (Å²) in [5.41, 5.74) is 0.425. The highest BCUT2D eigenvalue weighted by atomic mass is 32.1. The van der Waals surface area contributed by atoms with Gasteiger partial charge in [0, 0.05) is 13.0 Å². The van der Waals surface area contributed by atoms with E-state index < -0.39 is 5.97 Å². The molecule has 0 radical (unpaired) electrons. The maximum atomic E-state index is 11.8. The topological polar surface area (TPSA) is 75.7 Å². The number of anilines is 1. The number of esters is 1. The van der Waals surface area contributed by atoms with Gasteiger partial charge in [0.25, 0.3) is 0 Å². The number of methoxy groups -OCH3 is 1. The van der Waals surface area contributed by atoms with Gasteiger partial charge in [0.1, 0.15) is 4.88 Å². The molecule has 0 aromatic carbocycles. The number of thiophene rings is 1. The highest BCUT2D eigenvalue weighted by Crippen LogP contribution is 2.23. The number of nitrogens with zero attached hydrogens (tertiary/aromatic N) is 1. The Morgan fingerprint density at radius 3 is 2.95 bits per heavy atom. The minimum Gasteiger partial charge on any atom is -0.465 e. The lowest BCUT2D eigenvalue weighted by Crippen LogP contribution is -2.34. The number of ether oxygens (including phenoxy) is 1. The maximum absolute atomic E-state index is 11.8. The van der Waals surface area contributed by atoms with Gasteiger partial charge in [0.05, 0.1) is 19.3 Å². The number of carbonyl (C=O) groups excluding carboxylic acids is 3. The average molecular weight is 282 g/mol. The molecule has 2 rings (SSSR count). The van der Waals surface area contributed by atoms with Crippen LogP contribution in [0.4, 0.5) is 5.69 Å². The number of likely N-dealkylation sites (tertiary alicyclic amines) is 1. The molecule has 19 heavy (non-hydrogen) atoms. The van der Waals surface area contributed by atoms with Crippen molar-refractivity contribution in [3.05, 3.63) is 16.3 Å². The molecule has 0 bridgehead atoms. The van der Waals surface area contributed by atoms with Crippen LogP contribution in [0.5, 0.6) is 0 Å². The second-order valence-electron chi connectivity index (χ2n) is 4.12. The highest BCUT2D eigenvalue weighted by Gasteiger charge is 2.23. The van der Waals surface area contributed by atoms with Crippen molar-refractivity contribution in [3.8, 4) is 0 Å². The van der Waals surface area contributed by atoms with Gasteiger partial charge in [0.15, 0.2) is 0 Å². The molecule has 7 heteroatoms. The lowest BCUT2D eigenvalue weighted by molar-refractivity contribution is -0.131. The first-order valence-electron chi connectivity index (χ1n) is 5.85. The van der Waals surface area contributed by atoms with E-state index in [1.54, 1.807) is 11.4 Å². The molecule has 0 saturated carbocycles. The maximum Gasteiger partial charge on any atom is 0.350 e. The fourth-order valence-corrected chi connectivity index (χ4v) is 2.66. The summed E-state index contributed by atoms with van der Waals surface area (Å²) >= 11 is 1.20. The molecule has 1 fully saturated rings. The third-order valence-electron chi connectivity index (χ3n) is 2.82. The summed E-state index contributed by atoms with van der Waals surface area (Å²) in [4.78, 5) is 36.5. The molecule has 1 aromatic heterocycles. The minimum atomic E-state index is -0.484. The van der Waals surface area contributed by atoms with Crippen LogP contribution in [0.2, 0.25) is 0 Å². The number of hydrogen-bond donors (Lipinski definition) is 1. The third kappa shape index (κ3) is 3.11. The van der Waals surface area contributed by atoms with Crippen LogP contribution >= 0.6 is 11.3 Å². The van der Waals surface area contributed by atoms with Crippen LogP contribution in [0.25, 0.3) is 0 Å². The smallest absolute Gasteiger partial charge is 0.350 e. The van der Waals surface area contributed by atoms with Crippen molar-refractivity contribution < 1.29 is 19.1 Å². The van der Waals surface area contributed by atoms with Crippen LogP contribution in [-0.2, 0) is 14.3 Å². The fourth-order valence-electron chi connectivity index (χ4n) is 1.89. The van der Waals surface area contributed by atoms with E-state index in [0.717, 1.165) is 6.42 Å². The molecule has 0 unspecified atom stereocenters. The zero-order chi connectivity index (χ0) is 13.8. The van der Waals surface area contributed by atoms with Gasteiger partial charge in [-0.15, -0.1) is 11.3 Å². The van der Waals surface area contributed by atoms with Crippen molar-refractivity contribution in [2.24, 2.45) is 0 Å². The van der Waals surface area contributed by atoms with Crippen LogP contribution in [0.1, 0.15) is 22.5 Å². The summed E-state index contributed by atoms with van der Waals surface area (Å²) < 4.78 is 4.62. The van der Waals surface area contributed by atoms with Gasteiger partial charge in [0.2, 0.25) is 11.8 Å². The predicted molar refractivity (Wildman–Crippen MR) is 70.1 cm³/mol. The van der Waals surface area contributed by atoms with Crippen molar-refractivity contribution in [2.75, 3.05) is 25.5 Å². The van der Waals surface area contributed by atoms with Gasteiger partial charge in [-0.05, 0) is 17.9 Å². The Labute approximate surface area is 114 Å². The molecular formula is C12H14N2O4S. The molecule has 2 amide bonds. The second kappa shape index (κ2) is 5.83. The average Bonchev–Trinajstić information content (AvgIpc) is 2.99. The summed E-state index contributed by atoms with van der Waals surface area (Å²) in [7, 11) is 1.29. The summed E-state index contributed by atoms with van der Waals surface area (Å²) in [5.74, 6) is -0.796. The molecule has 6 nitrogen and oxygen atoms in total. The number of amides is 2. The van der Waals surface area contributed by atoms with Gasteiger partial charge in [-0.3, -0.25) is 9.59 Å². The molecule has 1 aliphatic heterocycles. The fraction of sp³-hybridized carbons (Fsp3) is 0.417. The Bertz CT molecular complexity index is 512. The Morgan fingerprint density at radius 1 is 1.53 bits per heavy atom. The van der Waals surface area contributed by atoms with Crippen LogP contribution < -0.4 is 5.32 Å². The van der Waals surface area contributed by atoms with Gasteiger partial charge in [-0.1, -0.05) is 0 Å². The van der Waals surface area contributed by atoms with Gasteiger partial charge in [-0.25, -0.2) is 4.79 Å². The Balaban J connectivity index is 1.97. The summed E-state index contributed by atoms with van der Waals surface area (Å²) in [6, 6.07) is 1.64. The van der Waals surface area contributed by atoms with Gasteiger partial charge < -0.3 is 15.0 Å². The predicted octanol–water partition coefficient (Wildman–Crippen LogP) is 1.10. The van der Waals surface area contributed by atoms with Crippen LogP contribution in [-0.4, -0.2) is 42.9 Å². The highest BCUT2D eigenvalue weighted by molar-refractivity contribution is 7.12. The molecule has 1 aliphatic rings. The molecule has 1 saturated heterocycles. The molecule has 0 atom stereocenters. The monoisotopic (exact) mass is 282 g/mol. The Morgan fingerprint density at radius 2 is 2.32 bits per heavy atom. The molecule has 0 spiro atoms. The van der Waals surface area contributed by atoms with E-state index in [1.807, 2.05) is 0 Å². The number of carbonyl (C=O) groups is 3. The van der Waals surface area contributed by atoms with Crippen molar-refractivity contribution in [1.29, 1.82) is 0 Å². The van der Waals surface area contributed by atoms with Crippen molar-refractivity contribution in [1.82, 2.24) is 4.90 Å². The van der Waals surface area contributed by atoms with Crippen LogP contribution in [0, 0.1) is 0 Å². The molecule has 2 heterocycles. The van der Waals surface area contributed by atoms with Crippen LogP contribution in [0.15, 0.2) is 11.4 Å². The largest absolute Gasteiger partial charge is 0.465 e. The third-order valence-corrected chi connectivity index (χ3v) is 3.71. The first-order chi connectivity index (χ1) is 9.11. The first kappa shape index (κ1) is 13.5. The molecular weight excluding hydrogens is 268 g/mol. The number of hydrogen-bond acceptors (Lipinski definition) is 5. The summed E-state index contributed by atoms with van der Waals surface area (Å²) in [6.07, 6.45) is 1.29. The second-order valence-corrected chi connectivity index (χ2v) is 5.04. The van der Waals surface area contributed by atoms with Crippen molar-refractivity contribution in [2.45, 2.75) is 12.8 Å². The quantitative estimate of drug-likeness (QED) is 0.839. The Kier molecular flexibility index (Phi) is 4.16. The number of rotatable bonds is 4. The first-order valence-corrected chi connectivity index (χ1v) is 6.73. The van der Waals surface area contributed by atoms with Gasteiger partial charge in [-0.2, -0.15) is 0 Å². The standard InChI is InChI=1S/C12H14N2O4S/c1-18-12(17)11-8(4-6-19-11)13-9(15)7-14-5-2-3-10(14)16/h4,6H,2-3,5,7H2,1H3,(H,13,15). The van der Waals surface area contributed by atoms with E-state index in [4.69, 9.17) is 0 Å². The lowest BCUT2D eigenvalue weighted by Gasteiger charge is -2.14. The van der Waals surface area contributed by atoms with E-state index in [0.29, 0.717) is 23.5 Å². The van der Waals surface area contributed by atoms with E-state index >= 15 is 0 Å². The Hall–Kier alpha value is -1.89. The zero-order valence-electron chi connectivity index (χ0n) is 10.5.